The fourth-order valence-corrected chi connectivity index (χ4v) is 4.18. The van der Waals surface area contributed by atoms with Gasteiger partial charge in [-0.15, -0.1) is 0 Å². The number of carbonyl (C=O) groups excluding carboxylic acids is 1. The van der Waals surface area contributed by atoms with Crippen molar-refractivity contribution in [3.8, 4) is 0 Å². The van der Waals surface area contributed by atoms with Gasteiger partial charge in [0, 0.05) is 19.6 Å². The summed E-state index contributed by atoms with van der Waals surface area (Å²) >= 11 is 0. The Hall–Kier alpha value is -1.46. The molecular formula is C20H30FN3O. The van der Waals surface area contributed by atoms with E-state index in [1.807, 2.05) is 30.0 Å². The number of piperidine rings is 2. The highest BCUT2D eigenvalue weighted by Crippen LogP contribution is 2.41. The maximum Gasteiger partial charge on any atom is 0.236 e. The minimum Gasteiger partial charge on any atom is -0.342 e. The molecule has 2 aliphatic rings. The highest BCUT2D eigenvalue weighted by molar-refractivity contribution is 5.78. The first-order valence-corrected chi connectivity index (χ1v) is 9.35. The summed E-state index contributed by atoms with van der Waals surface area (Å²) in [5, 5.41) is 0. The topological polar surface area (TPSA) is 26.8 Å². The lowest BCUT2D eigenvalue weighted by molar-refractivity contribution is -0.134. The molecule has 0 unspecified atom stereocenters. The molecule has 2 heterocycles. The maximum atomic E-state index is 13.3. The van der Waals surface area contributed by atoms with Crippen LogP contribution in [-0.2, 0) is 11.3 Å². The van der Waals surface area contributed by atoms with Crippen LogP contribution in [0.2, 0.25) is 0 Å². The van der Waals surface area contributed by atoms with Gasteiger partial charge in [-0.05, 0) is 76.0 Å². The highest BCUT2D eigenvalue weighted by Gasteiger charge is 2.38. The van der Waals surface area contributed by atoms with Crippen molar-refractivity contribution in [2.75, 3.05) is 46.8 Å². The Labute approximate surface area is 150 Å². The van der Waals surface area contributed by atoms with E-state index in [0.717, 1.165) is 51.1 Å². The highest BCUT2D eigenvalue weighted by atomic mass is 19.1. The van der Waals surface area contributed by atoms with Crippen LogP contribution in [0, 0.1) is 11.2 Å². The molecule has 1 amide bonds. The molecule has 2 saturated heterocycles. The summed E-state index contributed by atoms with van der Waals surface area (Å²) in [5.41, 5.74) is 1.47. The van der Waals surface area contributed by atoms with E-state index in [4.69, 9.17) is 0 Å². The van der Waals surface area contributed by atoms with Gasteiger partial charge in [0.25, 0.3) is 0 Å². The van der Waals surface area contributed by atoms with Crippen LogP contribution in [0.25, 0.3) is 0 Å². The van der Waals surface area contributed by atoms with E-state index in [2.05, 4.69) is 4.90 Å². The Morgan fingerprint density at radius 2 is 1.76 bits per heavy atom. The molecule has 4 nitrogen and oxygen atoms in total. The Morgan fingerprint density at radius 3 is 2.36 bits per heavy atom. The third-order valence-corrected chi connectivity index (χ3v) is 5.84. The van der Waals surface area contributed by atoms with Crippen molar-refractivity contribution in [2.45, 2.75) is 32.2 Å². The lowest BCUT2D eigenvalue weighted by atomic mass is 9.71. The summed E-state index contributed by atoms with van der Waals surface area (Å²) in [6.45, 7) is 5.28. The fraction of sp³-hybridized carbons (Fsp3) is 0.650. The standard InChI is InChI=1S/C20H30FN3O/c1-22(2)16-19(25)24-12-8-20(9-13-24)6-10-23(11-7-20)15-17-4-3-5-18(21)14-17/h3-5,14H,6-13,15-16H2,1-2H3. The number of nitrogens with zero attached hydrogens (tertiary/aromatic N) is 3. The van der Waals surface area contributed by atoms with Crippen LogP contribution in [-0.4, -0.2) is 67.4 Å². The van der Waals surface area contributed by atoms with Gasteiger partial charge in [-0.25, -0.2) is 4.39 Å². The zero-order chi connectivity index (χ0) is 17.9. The number of benzene rings is 1. The van der Waals surface area contributed by atoms with Crippen molar-refractivity contribution < 1.29 is 9.18 Å². The zero-order valence-electron chi connectivity index (χ0n) is 15.5. The molecule has 0 aliphatic carbocycles. The zero-order valence-corrected chi connectivity index (χ0v) is 15.5. The summed E-state index contributed by atoms with van der Waals surface area (Å²) in [6.07, 6.45) is 4.63. The third kappa shape index (κ3) is 4.79. The fourth-order valence-electron chi connectivity index (χ4n) is 4.18. The minimum atomic E-state index is -0.152. The molecule has 1 spiro atoms. The maximum absolute atomic E-state index is 13.3. The smallest absolute Gasteiger partial charge is 0.236 e. The van der Waals surface area contributed by atoms with Crippen molar-refractivity contribution in [1.29, 1.82) is 0 Å². The van der Waals surface area contributed by atoms with Gasteiger partial charge < -0.3 is 9.80 Å². The summed E-state index contributed by atoms with van der Waals surface area (Å²) in [6, 6.07) is 6.93. The molecule has 5 heteroatoms. The molecule has 3 rings (SSSR count). The van der Waals surface area contributed by atoms with E-state index in [1.54, 1.807) is 12.1 Å². The summed E-state index contributed by atoms with van der Waals surface area (Å²) in [5.74, 6) is 0.101. The third-order valence-electron chi connectivity index (χ3n) is 5.84. The second-order valence-corrected chi connectivity index (χ2v) is 8.02. The first-order valence-electron chi connectivity index (χ1n) is 9.35. The molecule has 0 radical (unpaired) electrons. The lowest BCUT2D eigenvalue weighted by Gasteiger charge is -2.47. The number of likely N-dealkylation sites (N-methyl/N-ethyl adjacent to an activating group) is 1. The lowest BCUT2D eigenvalue weighted by Crippen LogP contribution is -2.49. The molecule has 2 fully saturated rings. The number of amides is 1. The molecule has 0 atom stereocenters. The number of hydrogen-bond donors (Lipinski definition) is 0. The second-order valence-electron chi connectivity index (χ2n) is 8.02. The molecule has 0 saturated carbocycles. The molecule has 1 aromatic rings. The number of carbonyl (C=O) groups is 1. The normalized spacial score (nSPS) is 21.0. The molecule has 138 valence electrons. The van der Waals surface area contributed by atoms with Crippen molar-refractivity contribution in [1.82, 2.24) is 14.7 Å². The largest absolute Gasteiger partial charge is 0.342 e. The number of likely N-dealkylation sites (tertiary alicyclic amines) is 2. The van der Waals surface area contributed by atoms with Crippen LogP contribution >= 0.6 is 0 Å². The molecule has 0 N–H and O–H groups in total. The Morgan fingerprint density at radius 1 is 1.12 bits per heavy atom. The first kappa shape index (κ1) is 18.3. The first-order chi connectivity index (χ1) is 12.0. The molecule has 25 heavy (non-hydrogen) atoms. The van der Waals surface area contributed by atoms with E-state index < -0.39 is 0 Å². The average Bonchev–Trinajstić information content (AvgIpc) is 2.57. The van der Waals surface area contributed by atoms with E-state index in [-0.39, 0.29) is 11.7 Å². The van der Waals surface area contributed by atoms with Gasteiger partial charge in [-0.2, -0.15) is 0 Å². The quantitative estimate of drug-likeness (QED) is 0.838. The summed E-state index contributed by atoms with van der Waals surface area (Å²) < 4.78 is 13.3. The Bertz CT molecular complexity index is 586. The Balaban J connectivity index is 1.47. The van der Waals surface area contributed by atoms with E-state index >= 15 is 0 Å². The van der Waals surface area contributed by atoms with Crippen LogP contribution in [0.15, 0.2) is 24.3 Å². The molecule has 0 aromatic heterocycles. The van der Waals surface area contributed by atoms with Crippen LogP contribution < -0.4 is 0 Å². The SMILES string of the molecule is CN(C)CC(=O)N1CCC2(CCN(Cc3cccc(F)c3)CC2)CC1. The summed E-state index contributed by atoms with van der Waals surface area (Å²) in [4.78, 5) is 18.6. The molecule has 1 aromatic carbocycles. The van der Waals surface area contributed by atoms with Crippen molar-refractivity contribution in [3.63, 3.8) is 0 Å². The van der Waals surface area contributed by atoms with Gasteiger partial charge >= 0.3 is 0 Å². The van der Waals surface area contributed by atoms with Crippen molar-refractivity contribution in [2.24, 2.45) is 5.41 Å². The minimum absolute atomic E-state index is 0.152. The van der Waals surface area contributed by atoms with Crippen LogP contribution in [0.5, 0.6) is 0 Å². The van der Waals surface area contributed by atoms with E-state index in [9.17, 15) is 9.18 Å². The van der Waals surface area contributed by atoms with Gasteiger partial charge in [0.2, 0.25) is 5.91 Å². The average molecular weight is 347 g/mol. The van der Waals surface area contributed by atoms with Gasteiger partial charge in [-0.3, -0.25) is 9.69 Å². The van der Waals surface area contributed by atoms with Gasteiger partial charge in [0.15, 0.2) is 0 Å². The molecule has 0 bridgehead atoms. The molecular weight excluding hydrogens is 317 g/mol. The van der Waals surface area contributed by atoms with Crippen molar-refractivity contribution >= 4 is 5.91 Å². The molecule has 2 aliphatic heterocycles. The number of halogens is 1. The van der Waals surface area contributed by atoms with Gasteiger partial charge in [0.05, 0.1) is 6.54 Å². The van der Waals surface area contributed by atoms with Crippen LogP contribution in [0.3, 0.4) is 0 Å². The predicted octanol–water partition coefficient (Wildman–Crippen LogP) is 2.59. The second kappa shape index (κ2) is 7.83. The monoisotopic (exact) mass is 347 g/mol. The summed E-state index contributed by atoms with van der Waals surface area (Å²) in [7, 11) is 3.88. The number of rotatable bonds is 4. The predicted molar refractivity (Wildman–Crippen MR) is 97.7 cm³/mol. The van der Waals surface area contributed by atoms with E-state index in [1.165, 1.54) is 18.9 Å². The van der Waals surface area contributed by atoms with E-state index in [0.29, 0.717) is 12.0 Å². The van der Waals surface area contributed by atoms with Gasteiger partial charge in [0.1, 0.15) is 5.82 Å². The van der Waals surface area contributed by atoms with Gasteiger partial charge in [-0.1, -0.05) is 12.1 Å². The van der Waals surface area contributed by atoms with Crippen LogP contribution in [0.1, 0.15) is 31.2 Å². The number of hydrogen-bond acceptors (Lipinski definition) is 3. The van der Waals surface area contributed by atoms with Crippen LogP contribution in [0.4, 0.5) is 4.39 Å². The Kier molecular flexibility index (Phi) is 5.74. The van der Waals surface area contributed by atoms with Crippen molar-refractivity contribution in [3.05, 3.63) is 35.6 Å².